The molecule has 2 aliphatic heterocycles. The Morgan fingerprint density at radius 1 is 1.33 bits per heavy atom. The van der Waals surface area contributed by atoms with Gasteiger partial charge in [-0.15, -0.1) is 0 Å². The summed E-state index contributed by atoms with van der Waals surface area (Å²) in [5, 5.41) is 4.44. The van der Waals surface area contributed by atoms with E-state index >= 15 is 0 Å². The Kier molecular flexibility index (Phi) is 3.85. The first-order chi connectivity index (χ1) is 8.81. The van der Waals surface area contributed by atoms with Gasteiger partial charge in [0.1, 0.15) is 0 Å². The Balaban J connectivity index is 1.59. The average Bonchev–Trinajstić information content (AvgIpc) is 2.41. The number of nitrogens with zero attached hydrogens (tertiary/aromatic N) is 1. The molecule has 2 atom stereocenters. The summed E-state index contributed by atoms with van der Waals surface area (Å²) in [4.78, 5) is 2.56. The molecule has 1 N–H and O–H groups in total. The molecule has 0 spiro atoms. The molecule has 18 heavy (non-hydrogen) atoms. The largest absolute Gasteiger partial charge is 0.378 e. The lowest BCUT2D eigenvalue weighted by atomic mass is 10.0. The molecule has 1 aromatic carbocycles. The maximum absolute atomic E-state index is 5.91. The molecule has 2 fully saturated rings. The van der Waals surface area contributed by atoms with Crippen molar-refractivity contribution in [1.29, 1.82) is 0 Å². The Labute approximate surface area is 113 Å². The minimum atomic E-state index is 0.542. The minimum absolute atomic E-state index is 0.542. The lowest BCUT2D eigenvalue weighted by Gasteiger charge is -2.43. The van der Waals surface area contributed by atoms with Gasteiger partial charge in [-0.1, -0.05) is 23.7 Å². The van der Waals surface area contributed by atoms with Crippen molar-refractivity contribution < 1.29 is 4.74 Å². The standard InChI is InChI=1S/C14H19ClN2O/c15-12-3-1-11(2-4-12)7-13-9-17-5-6-18-10-14(17)8-16-13/h1-4,13-14,16H,5-10H2/t13-,14+/m0/s1. The number of nitrogens with one attached hydrogen (secondary N) is 1. The molecule has 4 heteroatoms. The van der Waals surface area contributed by atoms with Crippen LogP contribution in [-0.2, 0) is 11.2 Å². The van der Waals surface area contributed by atoms with Crippen LogP contribution in [-0.4, -0.2) is 49.8 Å². The van der Waals surface area contributed by atoms with Crippen molar-refractivity contribution in [2.75, 3.05) is 32.8 Å². The van der Waals surface area contributed by atoms with E-state index in [1.165, 1.54) is 5.56 Å². The van der Waals surface area contributed by atoms with E-state index in [2.05, 4.69) is 22.3 Å². The van der Waals surface area contributed by atoms with Gasteiger partial charge in [-0.05, 0) is 24.1 Å². The van der Waals surface area contributed by atoms with E-state index in [-0.39, 0.29) is 0 Å². The Morgan fingerprint density at radius 2 is 2.17 bits per heavy atom. The predicted octanol–water partition coefficient (Wildman–Crippen LogP) is 1.56. The number of halogens is 1. The molecular weight excluding hydrogens is 248 g/mol. The van der Waals surface area contributed by atoms with Crippen LogP contribution < -0.4 is 5.32 Å². The lowest BCUT2D eigenvalue weighted by molar-refractivity contribution is -0.0259. The quantitative estimate of drug-likeness (QED) is 0.879. The summed E-state index contributed by atoms with van der Waals surface area (Å²) in [7, 11) is 0. The van der Waals surface area contributed by atoms with Gasteiger partial charge in [0.05, 0.1) is 13.2 Å². The number of morpholine rings is 1. The third-order valence-corrected chi connectivity index (χ3v) is 4.09. The van der Waals surface area contributed by atoms with Crippen LogP contribution in [0.3, 0.4) is 0 Å². The highest BCUT2D eigenvalue weighted by molar-refractivity contribution is 6.30. The fraction of sp³-hybridized carbons (Fsp3) is 0.571. The monoisotopic (exact) mass is 266 g/mol. The van der Waals surface area contributed by atoms with Crippen molar-refractivity contribution in [1.82, 2.24) is 10.2 Å². The smallest absolute Gasteiger partial charge is 0.0634 e. The summed E-state index contributed by atoms with van der Waals surface area (Å²) in [5.74, 6) is 0. The van der Waals surface area contributed by atoms with E-state index in [1.54, 1.807) is 0 Å². The van der Waals surface area contributed by atoms with Crippen LogP contribution in [0.5, 0.6) is 0 Å². The molecule has 0 unspecified atom stereocenters. The molecule has 0 aromatic heterocycles. The number of piperazine rings is 1. The lowest BCUT2D eigenvalue weighted by Crippen LogP contribution is -2.61. The molecule has 98 valence electrons. The molecule has 2 saturated heterocycles. The first-order valence-electron chi connectivity index (χ1n) is 6.61. The topological polar surface area (TPSA) is 24.5 Å². The molecule has 3 rings (SSSR count). The van der Waals surface area contributed by atoms with Crippen LogP contribution in [0.15, 0.2) is 24.3 Å². The van der Waals surface area contributed by atoms with Gasteiger partial charge in [0.2, 0.25) is 0 Å². The zero-order chi connectivity index (χ0) is 12.4. The van der Waals surface area contributed by atoms with Crippen molar-refractivity contribution in [3.8, 4) is 0 Å². The van der Waals surface area contributed by atoms with E-state index in [0.29, 0.717) is 12.1 Å². The molecule has 3 nitrogen and oxygen atoms in total. The number of benzene rings is 1. The normalized spacial score (nSPS) is 28.9. The molecule has 0 amide bonds. The van der Waals surface area contributed by atoms with Crippen LogP contribution in [0.2, 0.25) is 5.02 Å². The van der Waals surface area contributed by atoms with Crippen molar-refractivity contribution in [3.63, 3.8) is 0 Å². The molecule has 0 saturated carbocycles. The van der Waals surface area contributed by atoms with Gasteiger partial charge in [-0.25, -0.2) is 0 Å². The van der Waals surface area contributed by atoms with Gasteiger partial charge in [0.15, 0.2) is 0 Å². The highest BCUT2D eigenvalue weighted by atomic mass is 35.5. The highest BCUT2D eigenvalue weighted by Gasteiger charge is 2.29. The number of hydrogen-bond acceptors (Lipinski definition) is 3. The molecule has 2 heterocycles. The Morgan fingerprint density at radius 3 is 3.00 bits per heavy atom. The van der Waals surface area contributed by atoms with Gasteiger partial charge in [-0.3, -0.25) is 4.90 Å². The summed E-state index contributed by atoms with van der Waals surface area (Å²) < 4.78 is 5.51. The summed E-state index contributed by atoms with van der Waals surface area (Å²) in [6, 6.07) is 9.29. The first kappa shape index (κ1) is 12.4. The average molecular weight is 267 g/mol. The van der Waals surface area contributed by atoms with E-state index in [0.717, 1.165) is 44.3 Å². The van der Waals surface area contributed by atoms with Crippen molar-refractivity contribution in [2.24, 2.45) is 0 Å². The first-order valence-corrected chi connectivity index (χ1v) is 6.99. The summed E-state index contributed by atoms with van der Waals surface area (Å²) >= 11 is 5.91. The Bertz CT molecular complexity index is 395. The zero-order valence-corrected chi connectivity index (χ0v) is 11.2. The van der Waals surface area contributed by atoms with Gasteiger partial charge in [0.25, 0.3) is 0 Å². The highest BCUT2D eigenvalue weighted by Crippen LogP contribution is 2.16. The molecular formula is C14H19ClN2O. The fourth-order valence-corrected chi connectivity index (χ4v) is 2.94. The van der Waals surface area contributed by atoms with Crippen molar-refractivity contribution in [3.05, 3.63) is 34.9 Å². The van der Waals surface area contributed by atoms with Crippen LogP contribution in [0.4, 0.5) is 0 Å². The third kappa shape index (κ3) is 2.86. The number of fused-ring (bicyclic) bond motifs is 1. The maximum atomic E-state index is 5.91. The van der Waals surface area contributed by atoms with Gasteiger partial charge < -0.3 is 10.1 Å². The molecule has 0 bridgehead atoms. The fourth-order valence-electron chi connectivity index (χ4n) is 2.81. The molecule has 1 aromatic rings. The third-order valence-electron chi connectivity index (χ3n) is 3.84. The van der Waals surface area contributed by atoms with Crippen LogP contribution in [0.1, 0.15) is 5.56 Å². The van der Waals surface area contributed by atoms with Crippen molar-refractivity contribution >= 4 is 11.6 Å². The second kappa shape index (κ2) is 5.57. The van der Waals surface area contributed by atoms with Crippen molar-refractivity contribution in [2.45, 2.75) is 18.5 Å². The van der Waals surface area contributed by atoms with E-state index < -0.39 is 0 Å². The molecule has 0 aliphatic carbocycles. The van der Waals surface area contributed by atoms with Crippen LogP contribution in [0.25, 0.3) is 0 Å². The van der Waals surface area contributed by atoms with E-state index in [4.69, 9.17) is 16.3 Å². The summed E-state index contributed by atoms with van der Waals surface area (Å²) in [5.41, 5.74) is 1.35. The SMILES string of the molecule is Clc1ccc(C[C@H]2CN3CCOC[C@H]3CN2)cc1. The van der Waals surface area contributed by atoms with E-state index in [1.807, 2.05) is 12.1 Å². The zero-order valence-electron chi connectivity index (χ0n) is 10.4. The predicted molar refractivity (Wildman–Crippen MR) is 73.1 cm³/mol. The Hall–Kier alpha value is -0.610. The van der Waals surface area contributed by atoms with Gasteiger partial charge >= 0.3 is 0 Å². The molecule has 2 aliphatic rings. The number of rotatable bonds is 2. The number of ether oxygens (including phenoxy) is 1. The van der Waals surface area contributed by atoms with Crippen LogP contribution in [0, 0.1) is 0 Å². The molecule has 0 radical (unpaired) electrons. The van der Waals surface area contributed by atoms with Gasteiger partial charge in [-0.2, -0.15) is 0 Å². The minimum Gasteiger partial charge on any atom is -0.378 e. The maximum Gasteiger partial charge on any atom is 0.0634 e. The number of hydrogen-bond donors (Lipinski definition) is 1. The summed E-state index contributed by atoms with van der Waals surface area (Å²) in [6.07, 6.45) is 1.07. The van der Waals surface area contributed by atoms with Crippen LogP contribution >= 0.6 is 11.6 Å². The summed E-state index contributed by atoms with van der Waals surface area (Å²) in [6.45, 7) is 4.99. The second-order valence-corrected chi connectivity index (χ2v) is 5.60. The van der Waals surface area contributed by atoms with E-state index in [9.17, 15) is 0 Å². The van der Waals surface area contributed by atoms with Gasteiger partial charge in [0, 0.05) is 36.7 Å². The second-order valence-electron chi connectivity index (χ2n) is 5.16.